The molecule has 0 aromatic heterocycles. The number of nitrogens with two attached hydrogens (primary N) is 3. The number of nitrogens with zero attached hydrogens (tertiary/aromatic N) is 2. The molecule has 7 heteroatoms. The molecule has 0 saturated carbocycles. The van der Waals surface area contributed by atoms with Crippen molar-refractivity contribution < 1.29 is 9.90 Å². The molecule has 0 fully saturated rings. The van der Waals surface area contributed by atoms with Crippen LogP contribution in [0.25, 0.3) is 0 Å². The van der Waals surface area contributed by atoms with Gasteiger partial charge in [-0.1, -0.05) is 0 Å². The Morgan fingerprint density at radius 1 is 1.60 bits per heavy atom. The van der Waals surface area contributed by atoms with Gasteiger partial charge in [0.05, 0.1) is 6.07 Å². The number of carboxylic acids is 1. The molecule has 7 nitrogen and oxygen atoms in total. The maximum Gasteiger partial charge on any atom is 0.320 e. The van der Waals surface area contributed by atoms with Crippen molar-refractivity contribution in [2.75, 3.05) is 6.54 Å². The summed E-state index contributed by atoms with van der Waals surface area (Å²) in [5.74, 6) is -0.987. The van der Waals surface area contributed by atoms with Crippen LogP contribution in [0.2, 0.25) is 0 Å². The van der Waals surface area contributed by atoms with Crippen LogP contribution in [-0.4, -0.2) is 29.6 Å². The highest BCUT2D eigenvalue weighted by molar-refractivity contribution is 5.75. The number of guanidine groups is 1. The van der Waals surface area contributed by atoms with Gasteiger partial charge in [0.2, 0.25) is 0 Å². The second-order valence-corrected chi connectivity index (χ2v) is 2.62. The summed E-state index contributed by atoms with van der Waals surface area (Å²) in [5, 5.41) is 15.7. The molecule has 7 N–H and O–H groups in total. The Balaban J connectivity index is 0. The first-order valence-corrected chi connectivity index (χ1v) is 4.30. The number of nitriles is 1. The maximum absolute atomic E-state index is 10.2. The van der Waals surface area contributed by atoms with Gasteiger partial charge in [-0.05, 0) is 12.8 Å². The van der Waals surface area contributed by atoms with Crippen LogP contribution >= 0.6 is 0 Å². The zero-order valence-corrected chi connectivity index (χ0v) is 8.68. The van der Waals surface area contributed by atoms with Gasteiger partial charge in [-0.25, -0.2) is 0 Å². The summed E-state index contributed by atoms with van der Waals surface area (Å²) in [6.07, 6.45) is 0.956. The van der Waals surface area contributed by atoms with E-state index >= 15 is 0 Å². The van der Waals surface area contributed by atoms with E-state index in [1.807, 2.05) is 0 Å². The molecule has 0 unspecified atom stereocenters. The molecule has 0 spiro atoms. The Bertz CT molecular complexity index is 242. The van der Waals surface area contributed by atoms with Gasteiger partial charge in [0.25, 0.3) is 0 Å². The summed E-state index contributed by atoms with van der Waals surface area (Å²) < 4.78 is 0. The van der Waals surface area contributed by atoms with Crippen molar-refractivity contribution in [2.45, 2.75) is 25.8 Å². The Morgan fingerprint density at radius 2 is 2.07 bits per heavy atom. The van der Waals surface area contributed by atoms with E-state index in [-0.39, 0.29) is 5.96 Å². The van der Waals surface area contributed by atoms with Gasteiger partial charge in [0.15, 0.2) is 5.96 Å². The van der Waals surface area contributed by atoms with Crippen LogP contribution in [-0.2, 0) is 4.79 Å². The molecule has 0 bridgehead atoms. The van der Waals surface area contributed by atoms with E-state index in [1.165, 1.54) is 6.92 Å². The molecule has 0 rings (SSSR count). The fraction of sp³-hybridized carbons (Fsp3) is 0.625. The minimum atomic E-state index is -1.00. The van der Waals surface area contributed by atoms with Crippen molar-refractivity contribution in [2.24, 2.45) is 22.2 Å². The normalized spacial score (nSPS) is 10.2. The lowest BCUT2D eigenvalue weighted by Crippen LogP contribution is -2.30. The molecule has 0 aliphatic carbocycles. The summed E-state index contributed by atoms with van der Waals surface area (Å²) in [5.41, 5.74) is 15.3. The topological polar surface area (TPSA) is 152 Å². The first kappa shape index (κ1) is 15.7. The van der Waals surface area contributed by atoms with Crippen LogP contribution in [0.15, 0.2) is 4.99 Å². The van der Waals surface area contributed by atoms with Crippen molar-refractivity contribution in [3.05, 3.63) is 0 Å². The predicted molar refractivity (Wildman–Crippen MR) is 56.8 cm³/mol. The molecule has 0 aromatic rings. The van der Waals surface area contributed by atoms with Crippen LogP contribution in [0.4, 0.5) is 0 Å². The average Bonchev–Trinajstić information content (AvgIpc) is 2.12. The minimum Gasteiger partial charge on any atom is -0.480 e. The number of aliphatic imine (C=N–C) groups is 1. The molecule has 1 atom stereocenters. The van der Waals surface area contributed by atoms with Crippen LogP contribution < -0.4 is 17.2 Å². The monoisotopic (exact) mass is 215 g/mol. The van der Waals surface area contributed by atoms with Gasteiger partial charge in [-0.3, -0.25) is 9.79 Å². The third kappa shape index (κ3) is 15.0. The van der Waals surface area contributed by atoms with Gasteiger partial charge in [0.1, 0.15) is 6.04 Å². The van der Waals surface area contributed by atoms with Gasteiger partial charge >= 0.3 is 5.97 Å². The lowest BCUT2D eigenvalue weighted by molar-refractivity contribution is -0.138. The number of rotatable bonds is 5. The summed E-state index contributed by atoms with van der Waals surface area (Å²) in [6, 6.07) is 0.930. The SMILES string of the molecule is CC#N.NC(N)=NCCC[C@H](N)C(=O)O. The third-order valence-electron chi connectivity index (χ3n) is 1.28. The van der Waals surface area contributed by atoms with Gasteiger partial charge in [0, 0.05) is 13.5 Å². The molecular weight excluding hydrogens is 198 g/mol. The molecular formula is C8H17N5O2. The molecule has 0 radical (unpaired) electrons. The molecule has 0 aliphatic heterocycles. The average molecular weight is 215 g/mol. The van der Waals surface area contributed by atoms with E-state index in [9.17, 15) is 4.79 Å². The Labute approximate surface area is 88.6 Å². The zero-order valence-electron chi connectivity index (χ0n) is 8.68. The van der Waals surface area contributed by atoms with Gasteiger partial charge in [-0.15, -0.1) is 0 Å². The summed E-state index contributed by atoms with van der Waals surface area (Å²) in [7, 11) is 0. The van der Waals surface area contributed by atoms with Gasteiger partial charge in [-0.2, -0.15) is 5.26 Å². The van der Waals surface area contributed by atoms with Crippen molar-refractivity contribution in [1.29, 1.82) is 5.26 Å². The lowest BCUT2D eigenvalue weighted by atomic mass is 10.2. The van der Waals surface area contributed by atoms with Crippen molar-refractivity contribution in [1.82, 2.24) is 0 Å². The molecule has 0 heterocycles. The molecule has 0 aromatic carbocycles. The molecule has 0 amide bonds. The lowest BCUT2D eigenvalue weighted by Gasteiger charge is -2.03. The number of carbonyl (C=O) groups is 1. The maximum atomic E-state index is 10.2. The van der Waals surface area contributed by atoms with Crippen LogP contribution in [0.1, 0.15) is 19.8 Å². The molecule has 0 aliphatic rings. The van der Waals surface area contributed by atoms with E-state index in [4.69, 9.17) is 27.6 Å². The zero-order chi connectivity index (χ0) is 12.3. The smallest absolute Gasteiger partial charge is 0.320 e. The third-order valence-corrected chi connectivity index (χ3v) is 1.28. The number of hydrogen-bond acceptors (Lipinski definition) is 4. The highest BCUT2D eigenvalue weighted by Gasteiger charge is 2.09. The summed E-state index contributed by atoms with van der Waals surface area (Å²) >= 11 is 0. The fourth-order valence-corrected chi connectivity index (χ4v) is 0.643. The van der Waals surface area contributed by atoms with E-state index in [2.05, 4.69) is 4.99 Å². The van der Waals surface area contributed by atoms with E-state index in [1.54, 1.807) is 6.07 Å². The standard InChI is InChI=1S/C6H14N4O2.C2H3N/c7-4(5(11)12)2-1-3-10-6(8)9;1-2-3/h4H,1-3,7H2,(H,11,12)(H4,8,9,10);1H3/t4-;/m0./s1. The van der Waals surface area contributed by atoms with Crippen LogP contribution in [0.5, 0.6) is 0 Å². The summed E-state index contributed by atoms with van der Waals surface area (Å²) in [4.78, 5) is 13.9. The largest absolute Gasteiger partial charge is 0.480 e. The minimum absolute atomic E-state index is 0.0129. The Hall–Kier alpha value is -1.81. The number of carboxylic acid groups (broad SMARTS) is 1. The number of hydrogen-bond donors (Lipinski definition) is 4. The van der Waals surface area contributed by atoms with Crippen molar-refractivity contribution >= 4 is 11.9 Å². The Kier molecular flexibility index (Phi) is 10.7. The molecule has 0 saturated heterocycles. The first-order valence-electron chi connectivity index (χ1n) is 4.30. The fourth-order valence-electron chi connectivity index (χ4n) is 0.643. The first-order chi connectivity index (χ1) is 6.95. The second-order valence-electron chi connectivity index (χ2n) is 2.62. The molecule has 86 valence electrons. The van der Waals surface area contributed by atoms with Gasteiger partial charge < -0.3 is 22.3 Å². The van der Waals surface area contributed by atoms with Crippen LogP contribution in [0.3, 0.4) is 0 Å². The van der Waals surface area contributed by atoms with E-state index < -0.39 is 12.0 Å². The predicted octanol–water partition coefficient (Wildman–Crippen LogP) is -1.02. The highest BCUT2D eigenvalue weighted by atomic mass is 16.4. The highest BCUT2D eigenvalue weighted by Crippen LogP contribution is 1.94. The second kappa shape index (κ2) is 10.3. The molecule has 15 heavy (non-hydrogen) atoms. The number of aliphatic carboxylic acids is 1. The van der Waals surface area contributed by atoms with Crippen LogP contribution in [0, 0.1) is 11.3 Å². The van der Waals surface area contributed by atoms with E-state index in [0.29, 0.717) is 19.4 Å². The summed E-state index contributed by atoms with van der Waals surface area (Å²) in [6.45, 7) is 1.85. The van der Waals surface area contributed by atoms with Crippen molar-refractivity contribution in [3.63, 3.8) is 0 Å². The Morgan fingerprint density at radius 3 is 2.40 bits per heavy atom. The quantitative estimate of drug-likeness (QED) is 0.262. The van der Waals surface area contributed by atoms with Crippen molar-refractivity contribution in [3.8, 4) is 6.07 Å². The van der Waals surface area contributed by atoms with E-state index in [0.717, 1.165) is 0 Å².